The topological polar surface area (TPSA) is 54.0 Å². The van der Waals surface area contributed by atoms with Crippen LogP contribution >= 0.6 is 0 Å². The number of ether oxygens (including phenoxy) is 4. The summed E-state index contributed by atoms with van der Waals surface area (Å²) in [6.45, 7) is 3.15. The zero-order valence-electron chi connectivity index (χ0n) is 21.1. The van der Waals surface area contributed by atoms with Crippen LogP contribution in [0.25, 0.3) is 6.08 Å². The fourth-order valence-electron chi connectivity index (χ4n) is 3.71. The molecule has 4 rings (SSSR count). The Bertz CT molecular complexity index is 1330. The molecule has 0 aliphatic rings. The Hall–Kier alpha value is -4.51. The molecular weight excluding hydrogens is 464 g/mol. The van der Waals surface area contributed by atoms with Crippen LogP contribution in [0.2, 0.25) is 0 Å². The number of carbonyl (C=O) groups is 1. The average Bonchev–Trinajstić information content (AvgIpc) is 2.95. The molecule has 0 saturated carbocycles. The molecule has 0 saturated heterocycles. The highest BCUT2D eigenvalue weighted by Crippen LogP contribution is 2.29. The van der Waals surface area contributed by atoms with E-state index < -0.39 is 0 Å². The quantitative estimate of drug-likeness (QED) is 0.155. The fraction of sp³-hybridized carbons (Fsp3) is 0.156. The van der Waals surface area contributed by atoms with Crippen LogP contribution in [0.15, 0.2) is 103 Å². The monoisotopic (exact) mass is 494 g/mol. The van der Waals surface area contributed by atoms with Crippen molar-refractivity contribution < 1.29 is 23.7 Å². The predicted molar refractivity (Wildman–Crippen MR) is 146 cm³/mol. The van der Waals surface area contributed by atoms with Crippen molar-refractivity contribution in [3.8, 4) is 23.0 Å². The van der Waals surface area contributed by atoms with Gasteiger partial charge in [-0.2, -0.15) is 0 Å². The third-order valence-corrected chi connectivity index (χ3v) is 5.64. The molecule has 0 spiro atoms. The van der Waals surface area contributed by atoms with Crippen LogP contribution in [-0.2, 0) is 13.2 Å². The van der Waals surface area contributed by atoms with Crippen LogP contribution in [0.5, 0.6) is 23.0 Å². The maximum absolute atomic E-state index is 13.1. The third-order valence-electron chi connectivity index (χ3n) is 5.64. The number of rotatable bonds is 12. The van der Waals surface area contributed by atoms with Crippen LogP contribution in [-0.4, -0.2) is 19.5 Å². The van der Waals surface area contributed by atoms with Crippen LogP contribution in [0, 0.1) is 0 Å². The molecule has 0 aliphatic carbocycles. The smallest absolute Gasteiger partial charge is 0.189 e. The number of carbonyl (C=O) groups excluding carboxylic acids is 1. The first kappa shape index (κ1) is 25.6. The molecule has 0 atom stereocenters. The van der Waals surface area contributed by atoms with E-state index in [0.717, 1.165) is 16.7 Å². The number of hydrogen-bond acceptors (Lipinski definition) is 5. The molecule has 0 aliphatic heterocycles. The van der Waals surface area contributed by atoms with E-state index in [-0.39, 0.29) is 5.78 Å². The van der Waals surface area contributed by atoms with Gasteiger partial charge in [-0.1, -0.05) is 60.7 Å². The summed E-state index contributed by atoms with van der Waals surface area (Å²) >= 11 is 0. The Morgan fingerprint density at radius 1 is 0.703 bits per heavy atom. The average molecular weight is 495 g/mol. The zero-order chi connectivity index (χ0) is 25.9. The summed E-state index contributed by atoms with van der Waals surface area (Å²) in [6, 6.07) is 30.6. The minimum atomic E-state index is -0.178. The number of benzene rings is 4. The first-order valence-corrected chi connectivity index (χ1v) is 12.2. The summed E-state index contributed by atoms with van der Waals surface area (Å²) in [5.74, 6) is 2.25. The van der Waals surface area contributed by atoms with Crippen molar-refractivity contribution in [1.82, 2.24) is 0 Å². The van der Waals surface area contributed by atoms with Gasteiger partial charge in [0.25, 0.3) is 0 Å². The lowest BCUT2D eigenvalue weighted by Gasteiger charge is -2.12. The van der Waals surface area contributed by atoms with Crippen molar-refractivity contribution in [3.05, 3.63) is 125 Å². The Morgan fingerprint density at radius 3 is 1.97 bits per heavy atom. The van der Waals surface area contributed by atoms with Crippen molar-refractivity contribution in [2.24, 2.45) is 0 Å². The van der Waals surface area contributed by atoms with E-state index in [1.165, 1.54) is 6.08 Å². The summed E-state index contributed by atoms with van der Waals surface area (Å²) in [6.07, 6.45) is 3.27. The summed E-state index contributed by atoms with van der Waals surface area (Å²) in [7, 11) is 1.61. The van der Waals surface area contributed by atoms with Crippen molar-refractivity contribution in [1.29, 1.82) is 0 Å². The second kappa shape index (κ2) is 13.0. The number of allylic oxidation sites excluding steroid dienone is 1. The van der Waals surface area contributed by atoms with E-state index in [2.05, 4.69) is 0 Å². The maximum Gasteiger partial charge on any atom is 0.189 e. The summed E-state index contributed by atoms with van der Waals surface area (Å²) in [4.78, 5) is 13.1. The van der Waals surface area contributed by atoms with Crippen molar-refractivity contribution >= 4 is 11.9 Å². The third kappa shape index (κ3) is 7.24. The number of methoxy groups -OCH3 is 1. The summed E-state index contributed by atoms with van der Waals surface area (Å²) in [5.41, 5.74) is 3.34. The maximum atomic E-state index is 13.1. The normalized spacial score (nSPS) is 10.8. The van der Waals surface area contributed by atoms with Gasteiger partial charge in [0.1, 0.15) is 36.2 Å². The molecule has 4 aromatic carbocycles. The van der Waals surface area contributed by atoms with Crippen LogP contribution < -0.4 is 18.9 Å². The highest BCUT2D eigenvalue weighted by Gasteiger charge is 2.13. The van der Waals surface area contributed by atoms with Crippen LogP contribution in [0.3, 0.4) is 0 Å². The van der Waals surface area contributed by atoms with Crippen molar-refractivity contribution in [2.45, 2.75) is 20.1 Å². The summed E-state index contributed by atoms with van der Waals surface area (Å²) < 4.78 is 23.1. The second-order valence-electron chi connectivity index (χ2n) is 8.24. The molecule has 0 unspecified atom stereocenters. The first-order valence-electron chi connectivity index (χ1n) is 12.2. The van der Waals surface area contributed by atoms with E-state index >= 15 is 0 Å². The minimum Gasteiger partial charge on any atom is -0.497 e. The van der Waals surface area contributed by atoms with Gasteiger partial charge in [-0.15, -0.1) is 0 Å². The van der Waals surface area contributed by atoms with Gasteiger partial charge in [-0.05, 0) is 54.5 Å². The molecule has 5 heteroatoms. The molecular formula is C32H30O5. The van der Waals surface area contributed by atoms with E-state index in [4.69, 9.17) is 18.9 Å². The molecule has 0 amide bonds. The molecule has 5 nitrogen and oxygen atoms in total. The highest BCUT2D eigenvalue weighted by molar-refractivity contribution is 6.08. The van der Waals surface area contributed by atoms with Gasteiger partial charge in [0.15, 0.2) is 5.78 Å². The summed E-state index contributed by atoms with van der Waals surface area (Å²) in [5, 5.41) is 0. The highest BCUT2D eigenvalue weighted by atomic mass is 16.5. The lowest BCUT2D eigenvalue weighted by atomic mass is 10.1. The Kier molecular flexibility index (Phi) is 8.97. The SMILES string of the molecule is CCOc1cc(OCc2ccccc2)ccc1C(=O)C=Cc1ccc(OC)cc1OCc1ccccc1. The fourth-order valence-corrected chi connectivity index (χ4v) is 3.71. The van der Waals surface area contributed by atoms with Crippen molar-refractivity contribution in [2.75, 3.05) is 13.7 Å². The number of ketones is 1. The second-order valence-corrected chi connectivity index (χ2v) is 8.24. The molecule has 37 heavy (non-hydrogen) atoms. The first-order chi connectivity index (χ1) is 18.2. The molecule has 0 heterocycles. The predicted octanol–water partition coefficient (Wildman–Crippen LogP) is 7.15. The molecule has 0 fully saturated rings. The largest absolute Gasteiger partial charge is 0.497 e. The van der Waals surface area contributed by atoms with Gasteiger partial charge in [0.05, 0.1) is 19.3 Å². The van der Waals surface area contributed by atoms with Gasteiger partial charge in [0.2, 0.25) is 0 Å². The van der Waals surface area contributed by atoms with Crippen molar-refractivity contribution in [3.63, 3.8) is 0 Å². The molecule has 0 N–H and O–H groups in total. The lowest BCUT2D eigenvalue weighted by molar-refractivity contribution is 0.104. The van der Waals surface area contributed by atoms with Gasteiger partial charge < -0.3 is 18.9 Å². The minimum absolute atomic E-state index is 0.178. The Labute approximate surface area is 217 Å². The molecule has 0 bridgehead atoms. The van der Waals surface area contributed by atoms with Crippen LogP contribution in [0.1, 0.15) is 34.0 Å². The molecule has 0 aromatic heterocycles. The molecule has 0 radical (unpaired) electrons. The standard InChI is InChI=1S/C32H30O5/c1-3-35-32-21-28(36-22-24-10-6-4-7-11-24)17-18-29(32)30(33)19-15-26-14-16-27(34-2)20-31(26)37-23-25-12-8-5-9-13-25/h4-21H,3,22-23H2,1-2H3. The zero-order valence-corrected chi connectivity index (χ0v) is 21.1. The van der Waals surface area contributed by atoms with E-state index in [1.807, 2.05) is 85.8 Å². The van der Waals surface area contributed by atoms with Gasteiger partial charge in [0, 0.05) is 17.7 Å². The van der Waals surface area contributed by atoms with E-state index in [1.54, 1.807) is 31.4 Å². The Balaban J connectivity index is 1.50. The van der Waals surface area contributed by atoms with Crippen LogP contribution in [0.4, 0.5) is 0 Å². The Morgan fingerprint density at radius 2 is 1.32 bits per heavy atom. The molecule has 4 aromatic rings. The van der Waals surface area contributed by atoms with Gasteiger partial charge in [-0.25, -0.2) is 0 Å². The van der Waals surface area contributed by atoms with E-state index in [0.29, 0.717) is 48.4 Å². The van der Waals surface area contributed by atoms with Gasteiger partial charge >= 0.3 is 0 Å². The van der Waals surface area contributed by atoms with E-state index in [9.17, 15) is 4.79 Å². The van der Waals surface area contributed by atoms with Gasteiger partial charge in [-0.3, -0.25) is 4.79 Å². The molecule has 188 valence electrons. The number of hydrogen-bond donors (Lipinski definition) is 0. The lowest BCUT2D eigenvalue weighted by Crippen LogP contribution is -2.03.